The molecule has 0 fully saturated rings. The molecule has 0 saturated carbocycles. The van der Waals surface area contributed by atoms with Gasteiger partial charge in [-0.15, -0.1) is 0 Å². The lowest BCUT2D eigenvalue weighted by molar-refractivity contribution is -0.122. The lowest BCUT2D eigenvalue weighted by Gasteiger charge is -2.05. The fourth-order valence-corrected chi connectivity index (χ4v) is 1.91. The minimum atomic E-state index is -0.225. The second-order valence-corrected chi connectivity index (χ2v) is 5.31. The van der Waals surface area contributed by atoms with E-state index in [9.17, 15) is 9.59 Å². The smallest absolute Gasteiger partial charge is 0.258 e. The molecule has 0 unspecified atom stereocenters. The van der Waals surface area contributed by atoms with Crippen LogP contribution in [-0.4, -0.2) is 24.8 Å². The molecule has 0 heterocycles. The van der Waals surface area contributed by atoms with E-state index in [2.05, 4.69) is 17.2 Å². The number of amides is 1. The summed E-state index contributed by atoms with van der Waals surface area (Å²) in [5, 5.41) is 2.67. The summed E-state index contributed by atoms with van der Waals surface area (Å²) in [6, 6.07) is 14.5. The Labute approximate surface area is 141 Å². The highest BCUT2D eigenvalue weighted by Crippen LogP contribution is 2.10. The maximum atomic E-state index is 11.7. The van der Waals surface area contributed by atoms with E-state index < -0.39 is 0 Å². The van der Waals surface area contributed by atoms with Crippen LogP contribution in [-0.2, 0) is 4.79 Å². The maximum absolute atomic E-state index is 11.7. The maximum Gasteiger partial charge on any atom is 0.258 e. The summed E-state index contributed by atoms with van der Waals surface area (Å²) in [6.07, 6.45) is 0. The van der Waals surface area contributed by atoms with Gasteiger partial charge in [0.25, 0.3) is 5.91 Å². The van der Waals surface area contributed by atoms with E-state index in [1.165, 1.54) is 6.92 Å². The van der Waals surface area contributed by atoms with Gasteiger partial charge in [-0.2, -0.15) is 0 Å². The molecule has 0 aromatic heterocycles. The molecule has 2 aromatic carbocycles. The van der Waals surface area contributed by atoms with Crippen molar-refractivity contribution in [3.05, 3.63) is 65.2 Å². The molecular formula is C20H19NO3. The Morgan fingerprint density at radius 2 is 1.71 bits per heavy atom. The third-order valence-electron chi connectivity index (χ3n) is 3.29. The molecule has 0 atom stereocenters. The number of nitrogens with one attached hydrogen (secondary N) is 1. The average molecular weight is 321 g/mol. The van der Waals surface area contributed by atoms with Gasteiger partial charge in [-0.25, -0.2) is 0 Å². The number of Topliss-reactive ketones (excluding diaryl/α,β-unsaturated/α-hetero) is 1. The Kier molecular flexibility index (Phi) is 6.16. The van der Waals surface area contributed by atoms with Crippen LogP contribution < -0.4 is 10.1 Å². The highest BCUT2D eigenvalue weighted by molar-refractivity contribution is 5.94. The van der Waals surface area contributed by atoms with Crippen molar-refractivity contribution in [2.45, 2.75) is 13.8 Å². The molecule has 0 aliphatic heterocycles. The van der Waals surface area contributed by atoms with Crippen LogP contribution in [0.5, 0.6) is 5.75 Å². The molecule has 24 heavy (non-hydrogen) atoms. The molecule has 4 heteroatoms. The SMILES string of the molecule is CC(=O)c1ccc(C#CCNC(=O)COc2ccc(C)cc2)cc1. The summed E-state index contributed by atoms with van der Waals surface area (Å²) in [7, 11) is 0. The number of ether oxygens (including phenoxy) is 1. The van der Waals surface area contributed by atoms with Crippen molar-refractivity contribution in [1.82, 2.24) is 5.32 Å². The lowest BCUT2D eigenvalue weighted by atomic mass is 10.1. The Morgan fingerprint density at radius 3 is 2.33 bits per heavy atom. The first kappa shape index (κ1) is 17.3. The molecule has 1 N–H and O–H groups in total. The number of carbonyl (C=O) groups excluding carboxylic acids is 2. The van der Waals surface area contributed by atoms with Crippen molar-refractivity contribution in [2.24, 2.45) is 0 Å². The molecule has 4 nitrogen and oxygen atoms in total. The molecular weight excluding hydrogens is 302 g/mol. The van der Waals surface area contributed by atoms with Crippen LogP contribution in [0.15, 0.2) is 48.5 Å². The fourth-order valence-electron chi connectivity index (χ4n) is 1.91. The van der Waals surface area contributed by atoms with Gasteiger partial charge in [-0.1, -0.05) is 41.7 Å². The first-order valence-corrected chi connectivity index (χ1v) is 7.60. The quantitative estimate of drug-likeness (QED) is 0.680. The molecule has 2 aromatic rings. The Morgan fingerprint density at radius 1 is 1.04 bits per heavy atom. The fraction of sp³-hybridized carbons (Fsp3) is 0.200. The van der Waals surface area contributed by atoms with Crippen molar-refractivity contribution in [1.29, 1.82) is 0 Å². The van der Waals surface area contributed by atoms with Crippen LogP contribution in [0.1, 0.15) is 28.4 Å². The average Bonchev–Trinajstić information content (AvgIpc) is 2.58. The molecule has 1 amide bonds. The summed E-state index contributed by atoms with van der Waals surface area (Å²) >= 11 is 0. The van der Waals surface area contributed by atoms with E-state index in [1.807, 2.05) is 31.2 Å². The minimum Gasteiger partial charge on any atom is -0.484 e. The number of benzene rings is 2. The van der Waals surface area contributed by atoms with Crippen LogP contribution in [0.2, 0.25) is 0 Å². The van der Waals surface area contributed by atoms with Gasteiger partial charge < -0.3 is 10.1 Å². The van der Waals surface area contributed by atoms with Crippen LogP contribution >= 0.6 is 0 Å². The Balaban J connectivity index is 1.74. The zero-order valence-corrected chi connectivity index (χ0v) is 13.8. The number of rotatable bonds is 5. The van der Waals surface area contributed by atoms with Crippen molar-refractivity contribution < 1.29 is 14.3 Å². The van der Waals surface area contributed by atoms with Gasteiger partial charge in [0.2, 0.25) is 0 Å². The number of carbonyl (C=O) groups is 2. The van der Waals surface area contributed by atoms with Gasteiger partial charge in [-0.3, -0.25) is 9.59 Å². The summed E-state index contributed by atoms with van der Waals surface area (Å²) in [5.74, 6) is 6.25. The molecule has 0 aliphatic rings. The van der Waals surface area contributed by atoms with Gasteiger partial charge in [0.1, 0.15) is 5.75 Å². The molecule has 0 bridgehead atoms. The number of hydrogen-bond acceptors (Lipinski definition) is 3. The van der Waals surface area contributed by atoms with Crippen molar-refractivity contribution in [3.63, 3.8) is 0 Å². The van der Waals surface area contributed by atoms with E-state index in [1.54, 1.807) is 24.3 Å². The van der Waals surface area contributed by atoms with E-state index in [-0.39, 0.29) is 24.8 Å². The third kappa shape index (κ3) is 5.62. The molecule has 2 rings (SSSR count). The van der Waals surface area contributed by atoms with E-state index in [0.717, 1.165) is 11.1 Å². The van der Waals surface area contributed by atoms with Crippen molar-refractivity contribution in [3.8, 4) is 17.6 Å². The van der Waals surface area contributed by atoms with Gasteiger partial charge in [0.15, 0.2) is 12.4 Å². The highest BCUT2D eigenvalue weighted by Gasteiger charge is 2.01. The molecule has 0 saturated heterocycles. The standard InChI is InChI=1S/C20H19NO3/c1-15-5-11-19(12-6-15)24-14-20(23)21-13-3-4-17-7-9-18(10-8-17)16(2)22/h5-12H,13-14H2,1-2H3,(H,21,23). The van der Waals surface area contributed by atoms with E-state index in [0.29, 0.717) is 11.3 Å². The Bertz CT molecular complexity index is 765. The molecule has 0 spiro atoms. The van der Waals surface area contributed by atoms with Crippen molar-refractivity contribution in [2.75, 3.05) is 13.2 Å². The van der Waals surface area contributed by atoms with Crippen LogP contribution in [0.4, 0.5) is 0 Å². The topological polar surface area (TPSA) is 55.4 Å². The van der Waals surface area contributed by atoms with Crippen LogP contribution in [0.3, 0.4) is 0 Å². The first-order chi connectivity index (χ1) is 11.5. The largest absolute Gasteiger partial charge is 0.484 e. The summed E-state index contributed by atoms with van der Waals surface area (Å²) < 4.78 is 5.38. The van der Waals surface area contributed by atoms with Gasteiger partial charge in [0, 0.05) is 11.1 Å². The van der Waals surface area contributed by atoms with Gasteiger partial charge in [-0.05, 0) is 38.1 Å². The predicted octanol–water partition coefficient (Wildman–Crippen LogP) is 2.74. The molecule has 122 valence electrons. The van der Waals surface area contributed by atoms with E-state index >= 15 is 0 Å². The minimum absolute atomic E-state index is 0.0235. The Hall–Kier alpha value is -3.06. The zero-order chi connectivity index (χ0) is 17.4. The van der Waals surface area contributed by atoms with Crippen LogP contribution in [0, 0.1) is 18.8 Å². The lowest BCUT2D eigenvalue weighted by Crippen LogP contribution is -2.29. The third-order valence-corrected chi connectivity index (χ3v) is 3.29. The number of hydrogen-bond donors (Lipinski definition) is 1. The number of aryl methyl sites for hydroxylation is 1. The summed E-state index contributed by atoms with van der Waals surface area (Å²) in [5.41, 5.74) is 2.59. The molecule has 0 radical (unpaired) electrons. The van der Waals surface area contributed by atoms with Gasteiger partial charge in [0.05, 0.1) is 6.54 Å². The predicted molar refractivity (Wildman–Crippen MR) is 93.0 cm³/mol. The highest BCUT2D eigenvalue weighted by atomic mass is 16.5. The second-order valence-electron chi connectivity index (χ2n) is 5.31. The second kappa shape index (κ2) is 8.54. The van der Waals surface area contributed by atoms with Crippen LogP contribution in [0.25, 0.3) is 0 Å². The summed E-state index contributed by atoms with van der Waals surface area (Å²) in [6.45, 7) is 3.71. The number of ketones is 1. The summed E-state index contributed by atoms with van der Waals surface area (Å²) in [4.78, 5) is 22.9. The monoisotopic (exact) mass is 321 g/mol. The van der Waals surface area contributed by atoms with Gasteiger partial charge >= 0.3 is 0 Å². The normalized spacial score (nSPS) is 9.58. The van der Waals surface area contributed by atoms with E-state index in [4.69, 9.17) is 4.74 Å². The molecule has 0 aliphatic carbocycles. The van der Waals surface area contributed by atoms with Crippen molar-refractivity contribution >= 4 is 11.7 Å². The first-order valence-electron chi connectivity index (χ1n) is 7.60. The zero-order valence-electron chi connectivity index (χ0n) is 13.8.